The van der Waals surface area contributed by atoms with E-state index >= 15 is 0 Å². The molecule has 0 unspecified atom stereocenters. The highest BCUT2D eigenvalue weighted by Gasteiger charge is 2.45. The van der Waals surface area contributed by atoms with Crippen LogP contribution in [-0.2, 0) is 14.5 Å². The van der Waals surface area contributed by atoms with E-state index in [9.17, 15) is 9.00 Å². The quantitative estimate of drug-likeness (QED) is 0.595. The second kappa shape index (κ2) is 9.03. The average Bonchev–Trinajstić information content (AvgIpc) is 3.81. The third-order valence-corrected chi connectivity index (χ3v) is 10.6. The fourth-order valence-electron chi connectivity index (χ4n) is 5.52. The van der Waals surface area contributed by atoms with Crippen LogP contribution in [-0.4, -0.2) is 59.2 Å². The average molecular weight is 510 g/mol. The minimum atomic E-state index is -2.85. The highest BCUT2D eigenvalue weighted by Crippen LogP contribution is 2.54. The molecule has 1 amide bonds. The van der Waals surface area contributed by atoms with E-state index in [1.54, 1.807) is 18.2 Å². The summed E-state index contributed by atoms with van der Waals surface area (Å²) < 4.78 is 27.4. The zero-order chi connectivity index (χ0) is 24.9. The lowest BCUT2D eigenvalue weighted by Gasteiger charge is -2.35. The minimum Gasteiger partial charge on any atom is -0.375 e. The SMILES string of the molecule is C[C@@H]1CN(c2cccc(NC(=O)c3ccc([S@@](=N)(=O)C4CC4)cc3N3CCC4(CC3)CC4)n2)CCO1. The Morgan fingerprint density at radius 1 is 1.11 bits per heavy atom. The van der Waals surface area contributed by atoms with Crippen molar-refractivity contribution in [3.8, 4) is 0 Å². The summed E-state index contributed by atoms with van der Waals surface area (Å²) in [4.78, 5) is 23.2. The van der Waals surface area contributed by atoms with Crippen LogP contribution in [0.15, 0.2) is 41.3 Å². The molecule has 1 aromatic heterocycles. The van der Waals surface area contributed by atoms with Crippen LogP contribution in [0.25, 0.3) is 0 Å². The van der Waals surface area contributed by atoms with Gasteiger partial charge in [0, 0.05) is 36.3 Å². The van der Waals surface area contributed by atoms with Crippen molar-refractivity contribution in [3.05, 3.63) is 42.0 Å². The first-order valence-corrected chi connectivity index (χ1v) is 14.8. The summed E-state index contributed by atoms with van der Waals surface area (Å²) in [7, 11) is -2.85. The predicted octanol–water partition coefficient (Wildman–Crippen LogP) is 4.51. The first-order valence-electron chi connectivity index (χ1n) is 13.1. The number of aromatic nitrogens is 1. The molecule has 2 saturated carbocycles. The van der Waals surface area contributed by atoms with E-state index in [1.165, 1.54) is 12.8 Å². The van der Waals surface area contributed by atoms with Crippen LogP contribution in [0.1, 0.15) is 55.8 Å². The minimum absolute atomic E-state index is 0.0593. The molecule has 0 bridgehead atoms. The summed E-state index contributed by atoms with van der Waals surface area (Å²) in [5, 5.41) is 2.94. The predicted molar refractivity (Wildman–Crippen MR) is 142 cm³/mol. The summed E-state index contributed by atoms with van der Waals surface area (Å²) in [6.07, 6.45) is 6.69. The van der Waals surface area contributed by atoms with Gasteiger partial charge in [0.05, 0.1) is 33.7 Å². The van der Waals surface area contributed by atoms with E-state index in [0.29, 0.717) is 28.3 Å². The first-order chi connectivity index (χ1) is 17.3. The van der Waals surface area contributed by atoms with Gasteiger partial charge in [-0.25, -0.2) is 14.0 Å². The molecule has 1 spiro atoms. The molecule has 2 atom stereocenters. The Labute approximate surface area is 213 Å². The van der Waals surface area contributed by atoms with Gasteiger partial charge in [-0.1, -0.05) is 6.07 Å². The number of ether oxygens (including phenoxy) is 1. The van der Waals surface area contributed by atoms with Gasteiger partial charge in [0.15, 0.2) is 0 Å². The van der Waals surface area contributed by atoms with Gasteiger partial charge in [0.1, 0.15) is 11.6 Å². The smallest absolute Gasteiger partial charge is 0.258 e. The lowest BCUT2D eigenvalue weighted by molar-refractivity contribution is 0.0529. The van der Waals surface area contributed by atoms with E-state index in [-0.39, 0.29) is 17.3 Å². The van der Waals surface area contributed by atoms with Gasteiger partial charge in [0.25, 0.3) is 5.91 Å². The first kappa shape index (κ1) is 23.7. The van der Waals surface area contributed by atoms with Gasteiger partial charge >= 0.3 is 0 Å². The number of nitrogens with one attached hydrogen (secondary N) is 2. The van der Waals surface area contributed by atoms with Gasteiger partial charge in [-0.05, 0) is 81.2 Å². The number of hydrogen-bond acceptors (Lipinski definition) is 7. The Kier molecular flexibility index (Phi) is 5.95. The summed E-state index contributed by atoms with van der Waals surface area (Å²) >= 11 is 0. The monoisotopic (exact) mass is 509 g/mol. The number of nitrogens with zero attached hydrogens (tertiary/aromatic N) is 3. The molecular weight excluding hydrogens is 474 g/mol. The molecule has 2 aliphatic heterocycles. The van der Waals surface area contributed by atoms with Crippen LogP contribution in [0, 0.1) is 10.2 Å². The molecule has 4 fully saturated rings. The van der Waals surface area contributed by atoms with E-state index < -0.39 is 9.73 Å². The van der Waals surface area contributed by atoms with Crippen LogP contribution >= 0.6 is 0 Å². The molecular formula is C27H35N5O3S. The van der Waals surface area contributed by atoms with Gasteiger partial charge in [-0.2, -0.15) is 0 Å². The second-order valence-electron chi connectivity index (χ2n) is 10.9. The van der Waals surface area contributed by atoms with Crippen molar-refractivity contribution in [2.24, 2.45) is 5.41 Å². The Bertz CT molecular complexity index is 1260. The zero-order valence-electron chi connectivity index (χ0n) is 20.9. The fourth-order valence-corrected chi connectivity index (χ4v) is 7.27. The molecule has 2 saturated heterocycles. The number of carbonyl (C=O) groups excluding carboxylic acids is 1. The highest BCUT2D eigenvalue weighted by atomic mass is 32.2. The molecule has 1 aromatic carbocycles. The maximum absolute atomic E-state index is 13.5. The number of hydrogen-bond donors (Lipinski definition) is 2. The van der Waals surface area contributed by atoms with Crippen molar-refractivity contribution in [2.45, 2.75) is 61.7 Å². The third kappa shape index (κ3) is 4.70. The van der Waals surface area contributed by atoms with Crippen molar-refractivity contribution in [1.29, 1.82) is 4.78 Å². The van der Waals surface area contributed by atoms with Crippen LogP contribution in [0.2, 0.25) is 0 Å². The molecule has 36 heavy (non-hydrogen) atoms. The van der Waals surface area contributed by atoms with Crippen molar-refractivity contribution in [2.75, 3.05) is 47.9 Å². The van der Waals surface area contributed by atoms with Crippen molar-refractivity contribution in [1.82, 2.24) is 4.98 Å². The number of piperidine rings is 1. The molecule has 2 aromatic rings. The van der Waals surface area contributed by atoms with E-state index in [4.69, 9.17) is 14.5 Å². The fraction of sp³-hybridized carbons (Fsp3) is 0.556. The maximum atomic E-state index is 13.5. The lowest BCUT2D eigenvalue weighted by atomic mass is 9.93. The topological polar surface area (TPSA) is 98.6 Å². The van der Waals surface area contributed by atoms with Crippen molar-refractivity contribution < 1.29 is 13.7 Å². The van der Waals surface area contributed by atoms with Crippen LogP contribution in [0.4, 0.5) is 17.3 Å². The second-order valence-corrected chi connectivity index (χ2v) is 13.3. The Morgan fingerprint density at radius 2 is 1.89 bits per heavy atom. The van der Waals surface area contributed by atoms with Gasteiger partial charge in [0.2, 0.25) is 0 Å². The number of benzene rings is 1. The standard InChI is InChI=1S/C27H35N5O3S/c1-19-18-32(15-16-35-19)25-4-2-3-24(29-25)30-26(33)22-8-7-21(36(28,34)20-5-6-20)17-23(22)31-13-11-27(9-10-27)12-14-31/h2-4,7-8,17,19-20,28H,5-6,9-16,18H2,1H3,(H,29,30,33)/t19-,36+/m1/s1. The third-order valence-electron chi connectivity index (χ3n) is 8.22. The normalized spacial score (nSPS) is 24.9. The zero-order valence-corrected chi connectivity index (χ0v) is 21.7. The van der Waals surface area contributed by atoms with Gasteiger partial charge < -0.3 is 19.9 Å². The molecule has 192 valence electrons. The number of anilines is 3. The van der Waals surface area contributed by atoms with Gasteiger partial charge in [-0.15, -0.1) is 0 Å². The molecule has 6 rings (SSSR count). The van der Waals surface area contributed by atoms with Crippen molar-refractivity contribution >= 4 is 33.0 Å². The van der Waals surface area contributed by atoms with E-state index in [0.717, 1.165) is 63.4 Å². The molecule has 4 aliphatic rings. The number of pyridine rings is 1. The summed E-state index contributed by atoms with van der Waals surface area (Å²) in [6, 6.07) is 11.0. The molecule has 0 radical (unpaired) electrons. The largest absolute Gasteiger partial charge is 0.375 e. The number of carbonyl (C=O) groups is 1. The number of morpholine rings is 1. The molecule has 2 N–H and O–H groups in total. The number of rotatable bonds is 6. The van der Waals surface area contributed by atoms with E-state index in [1.807, 2.05) is 25.1 Å². The summed E-state index contributed by atoms with van der Waals surface area (Å²) in [6.45, 7) is 6.01. The Balaban J connectivity index is 1.27. The maximum Gasteiger partial charge on any atom is 0.258 e. The van der Waals surface area contributed by atoms with E-state index in [2.05, 4.69) is 15.1 Å². The van der Waals surface area contributed by atoms with Crippen LogP contribution in [0.3, 0.4) is 0 Å². The van der Waals surface area contributed by atoms with Gasteiger partial charge in [-0.3, -0.25) is 4.79 Å². The molecule has 2 aliphatic carbocycles. The lowest BCUT2D eigenvalue weighted by Crippen LogP contribution is -2.41. The Morgan fingerprint density at radius 3 is 2.58 bits per heavy atom. The Hall–Kier alpha value is -2.65. The highest BCUT2D eigenvalue weighted by molar-refractivity contribution is 7.93. The van der Waals surface area contributed by atoms with Crippen LogP contribution in [0.5, 0.6) is 0 Å². The van der Waals surface area contributed by atoms with Crippen LogP contribution < -0.4 is 15.1 Å². The number of amides is 1. The molecule has 3 heterocycles. The summed E-state index contributed by atoms with van der Waals surface area (Å²) in [5.74, 6) is 1.10. The summed E-state index contributed by atoms with van der Waals surface area (Å²) in [5.41, 5.74) is 1.84. The molecule has 8 nitrogen and oxygen atoms in total. The van der Waals surface area contributed by atoms with Crippen molar-refractivity contribution in [3.63, 3.8) is 0 Å². The molecule has 9 heteroatoms.